The molecule has 0 aliphatic heterocycles. The molecule has 1 aromatic heterocycles. The van der Waals surface area contributed by atoms with E-state index in [1.165, 1.54) is 17.4 Å². The number of aromatic nitrogens is 2. The second-order valence-corrected chi connectivity index (χ2v) is 9.46. The van der Waals surface area contributed by atoms with Gasteiger partial charge >= 0.3 is 0 Å². The molecule has 188 valence electrons. The third-order valence-corrected chi connectivity index (χ3v) is 5.82. The Kier molecular flexibility index (Phi) is 10.1. The van der Waals surface area contributed by atoms with Crippen molar-refractivity contribution in [1.29, 1.82) is 5.26 Å². The van der Waals surface area contributed by atoms with Gasteiger partial charge < -0.3 is 14.2 Å². The van der Waals surface area contributed by atoms with Crippen molar-refractivity contribution in [2.45, 2.75) is 27.2 Å². The van der Waals surface area contributed by atoms with E-state index in [-0.39, 0.29) is 12.2 Å². The first kappa shape index (κ1) is 27.0. The first-order valence-electron chi connectivity index (χ1n) is 11.4. The molecule has 0 saturated carbocycles. The van der Waals surface area contributed by atoms with Crippen molar-refractivity contribution in [2.24, 2.45) is 5.92 Å². The zero-order valence-corrected chi connectivity index (χ0v) is 21.9. The van der Waals surface area contributed by atoms with Crippen molar-refractivity contribution in [3.63, 3.8) is 0 Å². The van der Waals surface area contributed by atoms with E-state index in [1.54, 1.807) is 30.3 Å². The Labute approximate surface area is 219 Å². The molecule has 3 aromatic rings. The summed E-state index contributed by atoms with van der Waals surface area (Å²) < 4.78 is 17.2. The molecule has 0 fully saturated rings. The van der Waals surface area contributed by atoms with Gasteiger partial charge in [0.05, 0.1) is 11.6 Å². The van der Waals surface area contributed by atoms with Gasteiger partial charge in [-0.2, -0.15) is 5.26 Å². The molecule has 0 aliphatic carbocycles. The molecule has 0 aliphatic rings. The predicted octanol–water partition coefficient (Wildman–Crippen LogP) is 5.79. The molecule has 10 heteroatoms. The molecule has 0 bridgehead atoms. The van der Waals surface area contributed by atoms with Crippen LogP contribution in [-0.2, 0) is 11.2 Å². The number of amides is 1. The normalized spacial score (nSPS) is 11.2. The maximum atomic E-state index is 12.6. The quantitative estimate of drug-likeness (QED) is 0.181. The van der Waals surface area contributed by atoms with Crippen LogP contribution in [0.3, 0.4) is 0 Å². The predicted molar refractivity (Wildman–Crippen MR) is 141 cm³/mol. The highest BCUT2D eigenvalue weighted by Gasteiger charge is 2.14. The number of ether oxygens (including phenoxy) is 3. The lowest BCUT2D eigenvalue weighted by Gasteiger charge is -2.13. The molecule has 36 heavy (non-hydrogen) atoms. The van der Waals surface area contributed by atoms with Crippen LogP contribution < -0.4 is 19.5 Å². The standard InChI is InChI=1S/C26H27ClN4O4S/c1-4-33-23-15-18(9-10-22(23)35-12-11-34-21-8-6-5-7-20(21)27)14-19(16-28)25(32)29-26-31-30-24(36-26)13-17(2)3/h5-10,14-15,17H,4,11-13H2,1-3H3,(H,29,31,32)/b19-14-. The van der Waals surface area contributed by atoms with Gasteiger partial charge in [-0.25, -0.2) is 0 Å². The molecule has 0 atom stereocenters. The summed E-state index contributed by atoms with van der Waals surface area (Å²) >= 11 is 7.39. The van der Waals surface area contributed by atoms with E-state index in [0.29, 0.717) is 52.1 Å². The molecule has 0 unspecified atom stereocenters. The molecule has 0 saturated heterocycles. The fraction of sp³-hybridized carbons (Fsp3) is 0.308. The number of nitriles is 1. The van der Waals surface area contributed by atoms with Crippen molar-refractivity contribution >= 4 is 40.1 Å². The SMILES string of the molecule is CCOc1cc(/C=C(/C#N)C(=O)Nc2nnc(CC(C)C)s2)ccc1OCCOc1ccccc1Cl. The van der Waals surface area contributed by atoms with Crippen molar-refractivity contribution in [3.05, 3.63) is 63.6 Å². The van der Waals surface area contributed by atoms with E-state index >= 15 is 0 Å². The Hall–Kier alpha value is -3.61. The highest BCUT2D eigenvalue weighted by molar-refractivity contribution is 7.15. The number of anilines is 1. The van der Waals surface area contributed by atoms with E-state index in [4.69, 9.17) is 25.8 Å². The van der Waals surface area contributed by atoms with Crippen molar-refractivity contribution in [3.8, 4) is 23.3 Å². The zero-order chi connectivity index (χ0) is 25.9. The molecule has 8 nitrogen and oxygen atoms in total. The Morgan fingerprint density at radius 2 is 1.86 bits per heavy atom. The van der Waals surface area contributed by atoms with Crippen LogP contribution in [0.1, 0.15) is 31.3 Å². The van der Waals surface area contributed by atoms with Crippen LogP contribution in [0.4, 0.5) is 5.13 Å². The van der Waals surface area contributed by atoms with E-state index in [1.807, 2.05) is 25.1 Å². The third-order valence-electron chi connectivity index (χ3n) is 4.65. The molecule has 0 spiro atoms. The Bertz CT molecular complexity index is 1250. The zero-order valence-electron chi connectivity index (χ0n) is 20.3. The van der Waals surface area contributed by atoms with Crippen molar-refractivity contribution in [2.75, 3.05) is 25.1 Å². The van der Waals surface area contributed by atoms with E-state index < -0.39 is 5.91 Å². The number of hydrogen-bond donors (Lipinski definition) is 1. The minimum atomic E-state index is -0.556. The van der Waals surface area contributed by atoms with Gasteiger partial charge in [0.1, 0.15) is 35.6 Å². The number of carbonyl (C=O) groups excluding carboxylic acids is 1. The minimum Gasteiger partial charge on any atom is -0.490 e. The molecular weight excluding hydrogens is 500 g/mol. The number of benzene rings is 2. The summed E-state index contributed by atoms with van der Waals surface area (Å²) in [5.41, 5.74) is 0.544. The Balaban J connectivity index is 1.65. The van der Waals surface area contributed by atoms with Crippen LogP contribution >= 0.6 is 22.9 Å². The van der Waals surface area contributed by atoms with Gasteiger partial charge in [0.25, 0.3) is 5.91 Å². The lowest BCUT2D eigenvalue weighted by molar-refractivity contribution is -0.112. The molecular formula is C26H27ClN4O4S. The summed E-state index contributed by atoms with van der Waals surface area (Å²) in [6, 6.07) is 14.3. The molecule has 1 amide bonds. The van der Waals surface area contributed by atoms with Crippen LogP contribution in [0.2, 0.25) is 5.02 Å². The molecule has 3 rings (SSSR count). The first-order chi connectivity index (χ1) is 17.4. The third kappa shape index (κ3) is 7.97. The second-order valence-electron chi connectivity index (χ2n) is 7.99. The number of para-hydroxylation sites is 1. The Morgan fingerprint density at radius 3 is 2.56 bits per heavy atom. The molecule has 1 N–H and O–H groups in total. The van der Waals surface area contributed by atoms with Gasteiger partial charge in [-0.1, -0.05) is 55.0 Å². The maximum Gasteiger partial charge on any atom is 0.268 e. The number of nitrogens with one attached hydrogen (secondary N) is 1. The first-order valence-corrected chi connectivity index (χ1v) is 12.6. The number of carbonyl (C=O) groups is 1. The monoisotopic (exact) mass is 526 g/mol. The fourth-order valence-electron chi connectivity index (χ4n) is 3.08. The average molecular weight is 527 g/mol. The highest BCUT2D eigenvalue weighted by Crippen LogP contribution is 2.30. The topological polar surface area (TPSA) is 106 Å². The highest BCUT2D eigenvalue weighted by atomic mass is 35.5. The Morgan fingerprint density at radius 1 is 1.11 bits per heavy atom. The van der Waals surface area contributed by atoms with Crippen molar-refractivity contribution in [1.82, 2.24) is 10.2 Å². The molecule has 1 heterocycles. The summed E-state index contributed by atoms with van der Waals surface area (Å²) in [4.78, 5) is 12.6. The maximum absolute atomic E-state index is 12.6. The number of halogens is 1. The van der Waals surface area contributed by atoms with Crippen LogP contribution in [0, 0.1) is 17.2 Å². The van der Waals surface area contributed by atoms with Gasteiger partial charge in [-0.15, -0.1) is 10.2 Å². The average Bonchev–Trinajstić information content (AvgIpc) is 3.28. The van der Waals surface area contributed by atoms with Gasteiger partial charge in [-0.3, -0.25) is 10.1 Å². The van der Waals surface area contributed by atoms with Gasteiger partial charge in [0.2, 0.25) is 5.13 Å². The van der Waals surface area contributed by atoms with E-state index in [9.17, 15) is 10.1 Å². The van der Waals surface area contributed by atoms with Gasteiger partial charge in [0.15, 0.2) is 11.5 Å². The smallest absolute Gasteiger partial charge is 0.268 e. The van der Waals surface area contributed by atoms with Crippen LogP contribution in [-0.4, -0.2) is 35.9 Å². The second kappa shape index (κ2) is 13.5. The number of hydrogen-bond acceptors (Lipinski definition) is 8. The fourth-order valence-corrected chi connectivity index (χ4v) is 4.22. The van der Waals surface area contributed by atoms with Crippen molar-refractivity contribution < 1.29 is 19.0 Å². The summed E-state index contributed by atoms with van der Waals surface area (Å²) in [6.45, 7) is 7.00. The summed E-state index contributed by atoms with van der Waals surface area (Å²) in [6.07, 6.45) is 2.26. The van der Waals surface area contributed by atoms with Crippen LogP contribution in [0.25, 0.3) is 6.08 Å². The van der Waals surface area contributed by atoms with Crippen LogP contribution in [0.15, 0.2) is 48.0 Å². The molecule has 0 radical (unpaired) electrons. The number of rotatable bonds is 12. The van der Waals surface area contributed by atoms with E-state index in [0.717, 1.165) is 11.4 Å². The lowest BCUT2D eigenvalue weighted by Crippen LogP contribution is -2.13. The van der Waals surface area contributed by atoms with Gasteiger partial charge in [-0.05, 0) is 48.7 Å². The lowest BCUT2D eigenvalue weighted by atomic mass is 10.1. The largest absolute Gasteiger partial charge is 0.490 e. The summed E-state index contributed by atoms with van der Waals surface area (Å²) in [7, 11) is 0. The summed E-state index contributed by atoms with van der Waals surface area (Å²) in [5, 5.41) is 22.0. The number of nitrogens with zero attached hydrogens (tertiary/aromatic N) is 3. The molecule has 2 aromatic carbocycles. The van der Waals surface area contributed by atoms with Crippen LogP contribution in [0.5, 0.6) is 17.2 Å². The summed E-state index contributed by atoms with van der Waals surface area (Å²) in [5.74, 6) is 1.47. The van der Waals surface area contributed by atoms with E-state index in [2.05, 4.69) is 29.4 Å². The van der Waals surface area contributed by atoms with Gasteiger partial charge in [0, 0.05) is 6.42 Å². The minimum absolute atomic E-state index is 0.0696.